The number of hydrogen-bond donors (Lipinski definition) is 0. The van der Waals surface area contributed by atoms with Gasteiger partial charge in [-0.1, -0.05) is 24.3 Å². The summed E-state index contributed by atoms with van der Waals surface area (Å²) in [5, 5.41) is 0. The van der Waals surface area contributed by atoms with E-state index >= 15 is 0 Å². The van der Waals surface area contributed by atoms with Crippen LogP contribution in [0.25, 0.3) is 11.4 Å². The smallest absolute Gasteiger partial charge is 0.159 e. The maximum absolute atomic E-state index is 4.21. The summed E-state index contributed by atoms with van der Waals surface area (Å²) in [4.78, 5) is 8.42. The predicted octanol–water partition coefficient (Wildman–Crippen LogP) is 3.01. The molecule has 0 aliphatic rings. The van der Waals surface area contributed by atoms with Crippen LogP contribution >= 0.6 is 11.8 Å². The zero-order valence-electron chi connectivity index (χ0n) is 8.55. The monoisotopic (exact) mass is 216 g/mol. The Bertz CT molecular complexity index is 411. The average molecular weight is 216 g/mol. The van der Waals surface area contributed by atoms with E-state index in [9.17, 15) is 0 Å². The summed E-state index contributed by atoms with van der Waals surface area (Å²) < 4.78 is 0. The quantitative estimate of drug-likeness (QED) is 0.788. The van der Waals surface area contributed by atoms with Crippen LogP contribution in [0.15, 0.2) is 42.7 Å². The van der Waals surface area contributed by atoms with Crippen LogP contribution in [0, 0.1) is 0 Å². The average Bonchev–Trinajstić information content (AvgIpc) is 2.32. The molecule has 1 aromatic heterocycles. The molecular weight excluding hydrogens is 204 g/mol. The van der Waals surface area contributed by atoms with Crippen LogP contribution in [0.2, 0.25) is 0 Å². The predicted molar refractivity (Wildman–Crippen MR) is 64.7 cm³/mol. The molecule has 0 fully saturated rings. The zero-order valence-corrected chi connectivity index (χ0v) is 9.37. The van der Waals surface area contributed by atoms with Gasteiger partial charge in [0.2, 0.25) is 0 Å². The Balaban J connectivity index is 2.24. The van der Waals surface area contributed by atoms with Crippen LogP contribution < -0.4 is 0 Å². The molecule has 0 N–H and O–H groups in total. The Morgan fingerprint density at radius 1 is 1.07 bits per heavy atom. The van der Waals surface area contributed by atoms with Gasteiger partial charge in [-0.05, 0) is 17.9 Å². The third-order valence-corrected chi connectivity index (χ3v) is 2.71. The number of hydrogen-bond acceptors (Lipinski definition) is 3. The van der Waals surface area contributed by atoms with Crippen molar-refractivity contribution in [3.63, 3.8) is 0 Å². The lowest BCUT2D eigenvalue weighted by Gasteiger charge is -2.01. The highest BCUT2D eigenvalue weighted by Crippen LogP contribution is 2.16. The lowest BCUT2D eigenvalue weighted by molar-refractivity contribution is 1.17. The molecule has 0 saturated carbocycles. The largest absolute Gasteiger partial charge is 0.237 e. The number of aromatic nitrogens is 2. The molecule has 1 heterocycles. The molecule has 15 heavy (non-hydrogen) atoms. The van der Waals surface area contributed by atoms with Crippen molar-refractivity contribution >= 4 is 11.8 Å². The molecule has 76 valence electrons. The van der Waals surface area contributed by atoms with Gasteiger partial charge in [0.25, 0.3) is 0 Å². The Hall–Kier alpha value is -1.35. The number of nitrogens with zero attached hydrogens (tertiary/aromatic N) is 2. The molecule has 2 aromatic rings. The molecule has 0 aliphatic heterocycles. The van der Waals surface area contributed by atoms with E-state index in [-0.39, 0.29) is 0 Å². The highest BCUT2D eigenvalue weighted by atomic mass is 32.2. The van der Waals surface area contributed by atoms with Crippen LogP contribution in [-0.4, -0.2) is 16.2 Å². The molecule has 0 unspecified atom stereocenters. The van der Waals surface area contributed by atoms with E-state index in [0.29, 0.717) is 0 Å². The van der Waals surface area contributed by atoms with Gasteiger partial charge in [-0.3, -0.25) is 0 Å². The minimum absolute atomic E-state index is 0.785. The minimum Gasteiger partial charge on any atom is -0.237 e. The fourth-order valence-electron chi connectivity index (χ4n) is 1.36. The first-order valence-corrected chi connectivity index (χ1v) is 6.15. The summed E-state index contributed by atoms with van der Waals surface area (Å²) in [5.41, 5.74) is 2.41. The van der Waals surface area contributed by atoms with Gasteiger partial charge >= 0.3 is 0 Å². The van der Waals surface area contributed by atoms with Gasteiger partial charge in [0.1, 0.15) is 0 Å². The minimum atomic E-state index is 0.785. The third kappa shape index (κ3) is 2.57. The van der Waals surface area contributed by atoms with Crippen molar-refractivity contribution in [2.24, 2.45) is 0 Å². The van der Waals surface area contributed by atoms with Crippen LogP contribution in [0.4, 0.5) is 0 Å². The van der Waals surface area contributed by atoms with Crippen molar-refractivity contribution < 1.29 is 0 Å². The van der Waals surface area contributed by atoms with Crippen LogP contribution in [-0.2, 0) is 5.75 Å². The van der Waals surface area contributed by atoms with Gasteiger partial charge in [0, 0.05) is 23.7 Å². The SMILES string of the molecule is CSCc1ccc(-c2ncccn2)cc1. The standard InChI is InChI=1S/C12H12N2S/c1-15-9-10-3-5-11(6-4-10)12-13-7-2-8-14-12/h2-8H,9H2,1H3. The molecule has 2 nitrogen and oxygen atoms in total. The van der Waals surface area contributed by atoms with Gasteiger partial charge in [0.05, 0.1) is 0 Å². The van der Waals surface area contributed by atoms with Gasteiger partial charge in [0.15, 0.2) is 5.82 Å². The van der Waals surface area contributed by atoms with Crippen molar-refractivity contribution in [3.05, 3.63) is 48.3 Å². The molecular formula is C12H12N2S. The fraction of sp³-hybridized carbons (Fsp3) is 0.167. The van der Waals surface area contributed by atoms with Crippen LogP contribution in [0.1, 0.15) is 5.56 Å². The first-order valence-electron chi connectivity index (χ1n) is 4.75. The Labute approximate surface area is 93.8 Å². The van der Waals surface area contributed by atoms with Crippen molar-refractivity contribution in [1.29, 1.82) is 0 Å². The van der Waals surface area contributed by atoms with Gasteiger partial charge < -0.3 is 0 Å². The van der Waals surface area contributed by atoms with E-state index in [0.717, 1.165) is 17.1 Å². The van der Waals surface area contributed by atoms with Crippen molar-refractivity contribution in [2.75, 3.05) is 6.26 Å². The molecule has 0 spiro atoms. The van der Waals surface area contributed by atoms with E-state index in [1.54, 1.807) is 12.4 Å². The lowest BCUT2D eigenvalue weighted by Crippen LogP contribution is -1.87. The summed E-state index contributed by atoms with van der Waals surface area (Å²) in [6, 6.07) is 10.2. The molecule has 0 saturated heterocycles. The normalized spacial score (nSPS) is 10.2. The first-order chi connectivity index (χ1) is 7.40. The molecule has 1 aromatic carbocycles. The maximum atomic E-state index is 4.21. The van der Waals surface area contributed by atoms with Gasteiger partial charge in [-0.15, -0.1) is 0 Å². The van der Waals surface area contributed by atoms with E-state index in [2.05, 4.69) is 40.5 Å². The topological polar surface area (TPSA) is 25.8 Å². The second kappa shape index (κ2) is 4.94. The molecule has 0 radical (unpaired) electrons. The number of thioether (sulfide) groups is 1. The summed E-state index contributed by atoms with van der Waals surface area (Å²) in [5.74, 6) is 1.84. The first kappa shape index (κ1) is 10.2. The number of rotatable bonds is 3. The van der Waals surface area contributed by atoms with Crippen molar-refractivity contribution in [3.8, 4) is 11.4 Å². The Morgan fingerprint density at radius 2 is 1.73 bits per heavy atom. The maximum Gasteiger partial charge on any atom is 0.159 e. The second-order valence-corrected chi connectivity index (χ2v) is 4.07. The second-order valence-electron chi connectivity index (χ2n) is 3.20. The molecule has 0 bridgehead atoms. The van der Waals surface area contributed by atoms with Crippen LogP contribution in [0.5, 0.6) is 0 Å². The molecule has 2 rings (SSSR count). The third-order valence-electron chi connectivity index (χ3n) is 2.09. The fourth-order valence-corrected chi connectivity index (χ4v) is 1.89. The molecule has 0 aliphatic carbocycles. The zero-order chi connectivity index (χ0) is 10.5. The summed E-state index contributed by atoms with van der Waals surface area (Å²) in [7, 11) is 0. The number of benzene rings is 1. The highest BCUT2D eigenvalue weighted by Gasteiger charge is 1.99. The molecule has 0 amide bonds. The summed E-state index contributed by atoms with van der Waals surface area (Å²) in [6.45, 7) is 0. The van der Waals surface area contributed by atoms with Gasteiger partial charge in [-0.25, -0.2) is 9.97 Å². The van der Waals surface area contributed by atoms with E-state index in [1.807, 2.05) is 17.8 Å². The van der Waals surface area contributed by atoms with E-state index in [1.165, 1.54) is 5.56 Å². The van der Waals surface area contributed by atoms with E-state index in [4.69, 9.17) is 0 Å². The lowest BCUT2D eigenvalue weighted by atomic mass is 10.1. The highest BCUT2D eigenvalue weighted by molar-refractivity contribution is 7.97. The van der Waals surface area contributed by atoms with Crippen LogP contribution in [0.3, 0.4) is 0 Å². The summed E-state index contributed by atoms with van der Waals surface area (Å²) in [6.07, 6.45) is 5.63. The van der Waals surface area contributed by atoms with Crippen molar-refractivity contribution in [2.45, 2.75) is 5.75 Å². The Kier molecular flexibility index (Phi) is 3.35. The molecule has 0 atom stereocenters. The van der Waals surface area contributed by atoms with E-state index < -0.39 is 0 Å². The van der Waals surface area contributed by atoms with Crippen molar-refractivity contribution in [1.82, 2.24) is 9.97 Å². The summed E-state index contributed by atoms with van der Waals surface area (Å²) >= 11 is 1.83. The Morgan fingerprint density at radius 3 is 2.33 bits per heavy atom. The van der Waals surface area contributed by atoms with Gasteiger partial charge in [-0.2, -0.15) is 11.8 Å². The molecule has 3 heteroatoms.